The largest absolute Gasteiger partial charge is 0.325 e. The number of piperidine rings is 1. The third-order valence-electron chi connectivity index (χ3n) is 6.08. The van der Waals surface area contributed by atoms with E-state index in [0.29, 0.717) is 37.2 Å². The first-order valence-electron chi connectivity index (χ1n) is 10.1. The number of amides is 1. The second kappa shape index (κ2) is 7.88. The van der Waals surface area contributed by atoms with Crippen LogP contribution in [0.2, 0.25) is 0 Å². The molecule has 29 heavy (non-hydrogen) atoms. The van der Waals surface area contributed by atoms with Gasteiger partial charge in [0.2, 0.25) is 15.9 Å². The maximum Gasteiger partial charge on any atom is 0.243 e. The molecule has 2 aromatic carbocycles. The highest BCUT2D eigenvalue weighted by Gasteiger charge is 2.45. The predicted octanol–water partition coefficient (Wildman–Crippen LogP) is 4.06. The van der Waals surface area contributed by atoms with Crippen molar-refractivity contribution in [3.8, 4) is 0 Å². The third-order valence-corrected chi connectivity index (χ3v) is 8.00. The Labute approximate surface area is 171 Å². The Morgan fingerprint density at radius 1 is 0.966 bits per heavy atom. The van der Waals surface area contributed by atoms with E-state index in [1.807, 2.05) is 0 Å². The summed E-state index contributed by atoms with van der Waals surface area (Å²) in [4.78, 5) is 13.2. The average Bonchev–Trinajstić information content (AvgIpc) is 2.68. The smallest absolute Gasteiger partial charge is 0.243 e. The molecule has 1 heterocycles. The minimum atomic E-state index is -3.50. The van der Waals surface area contributed by atoms with Crippen LogP contribution in [0.3, 0.4) is 0 Å². The summed E-state index contributed by atoms with van der Waals surface area (Å²) in [6.07, 6.45) is 5.08. The van der Waals surface area contributed by atoms with Crippen LogP contribution < -0.4 is 5.32 Å². The molecule has 0 bridgehead atoms. The molecular weight excluding hydrogens is 391 g/mol. The standard InChI is InChI=1S/C22H25FN2O3S/c23-18-7-4-6-17(16-18)22(12-5-13-22)21(26)24-19-8-10-20(11-9-19)29(27,28)25-14-2-1-3-15-25/h4,6-11,16H,1-3,5,12-15H2,(H,24,26). The van der Waals surface area contributed by atoms with E-state index in [0.717, 1.165) is 25.7 Å². The molecule has 0 atom stereocenters. The first-order chi connectivity index (χ1) is 13.9. The molecule has 1 saturated heterocycles. The van der Waals surface area contributed by atoms with E-state index in [1.165, 1.54) is 28.6 Å². The summed E-state index contributed by atoms with van der Waals surface area (Å²) in [6.45, 7) is 1.11. The number of benzene rings is 2. The summed E-state index contributed by atoms with van der Waals surface area (Å²) < 4.78 is 40.7. The van der Waals surface area contributed by atoms with Gasteiger partial charge in [0, 0.05) is 18.8 Å². The van der Waals surface area contributed by atoms with Gasteiger partial charge < -0.3 is 5.32 Å². The van der Waals surface area contributed by atoms with Crippen LogP contribution in [0.25, 0.3) is 0 Å². The van der Waals surface area contributed by atoms with E-state index in [-0.39, 0.29) is 16.6 Å². The van der Waals surface area contributed by atoms with Gasteiger partial charge >= 0.3 is 0 Å². The molecule has 0 aromatic heterocycles. The lowest BCUT2D eigenvalue weighted by atomic mass is 9.63. The lowest BCUT2D eigenvalue weighted by Crippen LogP contribution is -2.46. The van der Waals surface area contributed by atoms with Crippen molar-refractivity contribution in [1.82, 2.24) is 4.31 Å². The molecule has 4 rings (SSSR count). The number of nitrogens with zero attached hydrogens (tertiary/aromatic N) is 1. The molecule has 2 fully saturated rings. The number of nitrogens with one attached hydrogen (secondary N) is 1. The molecule has 154 valence electrons. The van der Waals surface area contributed by atoms with Crippen molar-refractivity contribution in [2.24, 2.45) is 0 Å². The highest BCUT2D eigenvalue weighted by molar-refractivity contribution is 7.89. The van der Waals surface area contributed by atoms with Crippen LogP contribution in [0, 0.1) is 5.82 Å². The molecule has 1 N–H and O–H groups in total. The molecule has 5 nitrogen and oxygen atoms in total. The van der Waals surface area contributed by atoms with Gasteiger partial charge in [-0.05, 0) is 67.6 Å². The van der Waals surface area contributed by atoms with Gasteiger partial charge in [-0.3, -0.25) is 4.79 Å². The number of carbonyl (C=O) groups excluding carboxylic acids is 1. The molecule has 1 aliphatic heterocycles. The van der Waals surface area contributed by atoms with Crippen molar-refractivity contribution >= 4 is 21.6 Å². The van der Waals surface area contributed by atoms with E-state index >= 15 is 0 Å². The van der Waals surface area contributed by atoms with E-state index in [2.05, 4.69) is 5.32 Å². The lowest BCUT2D eigenvalue weighted by Gasteiger charge is -2.40. The summed E-state index contributed by atoms with van der Waals surface area (Å²) in [5.74, 6) is -0.533. The zero-order valence-electron chi connectivity index (χ0n) is 16.2. The van der Waals surface area contributed by atoms with Gasteiger partial charge in [0.05, 0.1) is 10.3 Å². The van der Waals surface area contributed by atoms with E-state index in [9.17, 15) is 17.6 Å². The monoisotopic (exact) mass is 416 g/mol. The Kier molecular flexibility index (Phi) is 5.44. The molecule has 2 aromatic rings. The van der Waals surface area contributed by atoms with Gasteiger partial charge in [-0.1, -0.05) is 25.0 Å². The minimum absolute atomic E-state index is 0.180. The number of carbonyl (C=O) groups is 1. The molecule has 2 aliphatic rings. The molecule has 0 radical (unpaired) electrons. The summed E-state index contributed by atoms with van der Waals surface area (Å²) in [5.41, 5.74) is 0.501. The second-order valence-electron chi connectivity index (χ2n) is 7.89. The van der Waals surface area contributed by atoms with Crippen molar-refractivity contribution in [3.05, 3.63) is 59.9 Å². The number of rotatable bonds is 5. The Morgan fingerprint density at radius 3 is 2.24 bits per heavy atom. The van der Waals surface area contributed by atoms with Crippen LogP contribution in [0.15, 0.2) is 53.4 Å². The normalized spacial score (nSPS) is 19.3. The van der Waals surface area contributed by atoms with E-state index in [1.54, 1.807) is 24.3 Å². The summed E-state index contributed by atoms with van der Waals surface area (Å²) in [7, 11) is -3.50. The van der Waals surface area contributed by atoms with E-state index < -0.39 is 15.4 Å². The highest BCUT2D eigenvalue weighted by Crippen LogP contribution is 2.44. The van der Waals surface area contributed by atoms with Gasteiger partial charge in [-0.15, -0.1) is 0 Å². The molecule has 0 spiro atoms. The fraction of sp³-hybridized carbons (Fsp3) is 0.409. The van der Waals surface area contributed by atoms with Crippen LogP contribution in [0.1, 0.15) is 44.1 Å². The first kappa shape index (κ1) is 20.0. The predicted molar refractivity (Wildman–Crippen MR) is 110 cm³/mol. The van der Waals surface area contributed by atoms with Crippen molar-refractivity contribution in [3.63, 3.8) is 0 Å². The zero-order chi connectivity index (χ0) is 20.5. The third kappa shape index (κ3) is 3.81. The van der Waals surface area contributed by atoms with Crippen LogP contribution >= 0.6 is 0 Å². The number of anilines is 1. The maximum absolute atomic E-state index is 13.7. The lowest BCUT2D eigenvalue weighted by molar-refractivity contribution is -0.124. The first-order valence-corrected chi connectivity index (χ1v) is 11.5. The molecule has 0 unspecified atom stereocenters. The number of sulfonamides is 1. The number of halogens is 1. The van der Waals surface area contributed by atoms with Crippen LogP contribution in [0.5, 0.6) is 0 Å². The molecule has 1 saturated carbocycles. The SMILES string of the molecule is O=C(Nc1ccc(S(=O)(=O)N2CCCCC2)cc1)C1(c2cccc(F)c2)CCC1. The molecule has 1 aliphatic carbocycles. The van der Waals surface area contributed by atoms with Gasteiger partial charge in [-0.2, -0.15) is 4.31 Å². The highest BCUT2D eigenvalue weighted by atomic mass is 32.2. The fourth-order valence-corrected chi connectivity index (χ4v) is 5.70. The zero-order valence-corrected chi connectivity index (χ0v) is 17.1. The quantitative estimate of drug-likeness (QED) is 0.799. The molecule has 7 heteroatoms. The summed E-state index contributed by atoms with van der Waals surface area (Å²) in [5, 5.41) is 2.89. The Morgan fingerprint density at radius 2 is 1.66 bits per heavy atom. The van der Waals surface area contributed by atoms with Gasteiger partial charge in [0.1, 0.15) is 5.82 Å². The summed E-state index contributed by atoms with van der Waals surface area (Å²) >= 11 is 0. The number of hydrogen-bond acceptors (Lipinski definition) is 3. The maximum atomic E-state index is 13.7. The minimum Gasteiger partial charge on any atom is -0.325 e. The van der Waals surface area contributed by atoms with Crippen molar-refractivity contribution < 1.29 is 17.6 Å². The molecule has 1 amide bonds. The average molecular weight is 417 g/mol. The Hall–Kier alpha value is -2.25. The number of hydrogen-bond donors (Lipinski definition) is 1. The van der Waals surface area contributed by atoms with Gasteiger partial charge in [-0.25, -0.2) is 12.8 Å². The Bertz CT molecular complexity index is 995. The van der Waals surface area contributed by atoms with Crippen molar-refractivity contribution in [2.75, 3.05) is 18.4 Å². The topological polar surface area (TPSA) is 66.5 Å². The van der Waals surface area contributed by atoms with Crippen LogP contribution in [0.4, 0.5) is 10.1 Å². The molecular formula is C22H25FN2O3S. The van der Waals surface area contributed by atoms with E-state index in [4.69, 9.17) is 0 Å². The second-order valence-corrected chi connectivity index (χ2v) is 9.83. The summed E-state index contributed by atoms with van der Waals surface area (Å²) in [6, 6.07) is 12.5. The van der Waals surface area contributed by atoms with Crippen LogP contribution in [-0.4, -0.2) is 31.7 Å². The van der Waals surface area contributed by atoms with Crippen molar-refractivity contribution in [2.45, 2.75) is 48.8 Å². The Balaban J connectivity index is 1.50. The van der Waals surface area contributed by atoms with Crippen molar-refractivity contribution in [1.29, 1.82) is 0 Å². The fourth-order valence-electron chi connectivity index (χ4n) is 4.18. The van der Waals surface area contributed by atoms with Gasteiger partial charge in [0.15, 0.2) is 0 Å². The van der Waals surface area contributed by atoms with Gasteiger partial charge in [0.25, 0.3) is 0 Å². The van der Waals surface area contributed by atoms with Crippen LogP contribution in [-0.2, 0) is 20.2 Å².